The molecule has 1 heterocycles. The van der Waals surface area contributed by atoms with Gasteiger partial charge in [0, 0.05) is 18.7 Å². The molecular formula is C10H16ClN3. The number of aryl methyl sites for hydroxylation is 2. The van der Waals surface area contributed by atoms with E-state index in [1.807, 2.05) is 4.68 Å². The number of rotatable bonds is 5. The summed E-state index contributed by atoms with van der Waals surface area (Å²) in [5, 5.41) is 4.37. The minimum Gasteiger partial charge on any atom is -0.246 e. The fraction of sp³-hybridized carbons (Fsp3) is 0.600. The molecular weight excluding hydrogens is 198 g/mol. The van der Waals surface area contributed by atoms with Crippen LogP contribution < -0.4 is 0 Å². The van der Waals surface area contributed by atoms with E-state index in [2.05, 4.69) is 30.5 Å². The Labute approximate surface area is 89.8 Å². The van der Waals surface area contributed by atoms with E-state index in [-0.39, 0.29) is 0 Å². The molecule has 0 aromatic carbocycles. The van der Waals surface area contributed by atoms with Crippen molar-refractivity contribution in [2.24, 2.45) is 0 Å². The van der Waals surface area contributed by atoms with Crippen molar-refractivity contribution >= 4 is 11.6 Å². The van der Waals surface area contributed by atoms with Gasteiger partial charge in [0.05, 0.1) is 6.54 Å². The number of alkyl halides is 1. The number of aromatic nitrogens is 3. The zero-order valence-corrected chi connectivity index (χ0v) is 9.51. The first-order chi connectivity index (χ1) is 6.71. The molecule has 0 N–H and O–H groups in total. The molecule has 0 saturated carbocycles. The Hall–Kier alpha value is -0.830. The van der Waals surface area contributed by atoms with E-state index in [4.69, 9.17) is 11.6 Å². The number of nitrogens with zero attached hydrogens (tertiary/aromatic N) is 3. The predicted molar refractivity (Wildman–Crippen MR) is 58.6 cm³/mol. The van der Waals surface area contributed by atoms with Gasteiger partial charge in [-0.05, 0) is 5.57 Å². The van der Waals surface area contributed by atoms with E-state index in [0.29, 0.717) is 12.4 Å². The van der Waals surface area contributed by atoms with Crippen molar-refractivity contribution in [2.75, 3.05) is 5.88 Å². The van der Waals surface area contributed by atoms with E-state index in [9.17, 15) is 0 Å². The van der Waals surface area contributed by atoms with Crippen molar-refractivity contribution in [3.05, 3.63) is 23.8 Å². The topological polar surface area (TPSA) is 30.7 Å². The molecule has 0 fully saturated rings. The van der Waals surface area contributed by atoms with Crippen LogP contribution in [-0.2, 0) is 19.4 Å². The Morgan fingerprint density at radius 2 is 2.14 bits per heavy atom. The third-order valence-corrected chi connectivity index (χ3v) is 2.36. The first-order valence-corrected chi connectivity index (χ1v) is 5.39. The van der Waals surface area contributed by atoms with Crippen LogP contribution in [0.2, 0.25) is 0 Å². The van der Waals surface area contributed by atoms with Crippen molar-refractivity contribution in [2.45, 2.75) is 33.2 Å². The number of hydrogen-bond donors (Lipinski definition) is 0. The first-order valence-electron chi connectivity index (χ1n) is 4.86. The molecule has 0 atom stereocenters. The SMILES string of the molecule is C=C(CCl)Cn1nc(CC)nc1CC. The normalized spacial score (nSPS) is 10.5. The molecule has 0 radical (unpaired) electrons. The van der Waals surface area contributed by atoms with Crippen LogP contribution in [0.4, 0.5) is 0 Å². The number of hydrogen-bond acceptors (Lipinski definition) is 2. The van der Waals surface area contributed by atoms with Crippen LogP contribution in [0.1, 0.15) is 25.5 Å². The summed E-state index contributed by atoms with van der Waals surface area (Å²) in [6, 6.07) is 0. The van der Waals surface area contributed by atoms with Gasteiger partial charge >= 0.3 is 0 Å². The lowest BCUT2D eigenvalue weighted by molar-refractivity contribution is 0.631. The number of halogens is 1. The van der Waals surface area contributed by atoms with E-state index >= 15 is 0 Å². The summed E-state index contributed by atoms with van der Waals surface area (Å²) in [5.74, 6) is 2.38. The van der Waals surface area contributed by atoms with Gasteiger partial charge in [0.25, 0.3) is 0 Å². The van der Waals surface area contributed by atoms with Gasteiger partial charge in [-0.1, -0.05) is 20.4 Å². The second-order valence-corrected chi connectivity index (χ2v) is 3.46. The van der Waals surface area contributed by atoms with Gasteiger partial charge in [-0.3, -0.25) is 0 Å². The molecule has 4 heteroatoms. The van der Waals surface area contributed by atoms with Crippen LogP contribution in [0.5, 0.6) is 0 Å². The van der Waals surface area contributed by atoms with Crippen molar-refractivity contribution in [3.8, 4) is 0 Å². The van der Waals surface area contributed by atoms with Crippen LogP contribution >= 0.6 is 11.6 Å². The lowest BCUT2D eigenvalue weighted by atomic mass is 10.3. The average molecular weight is 214 g/mol. The smallest absolute Gasteiger partial charge is 0.150 e. The van der Waals surface area contributed by atoms with Crippen LogP contribution in [0, 0.1) is 0 Å². The average Bonchev–Trinajstić information content (AvgIpc) is 2.60. The summed E-state index contributed by atoms with van der Waals surface area (Å²) in [6.07, 6.45) is 1.76. The summed E-state index contributed by atoms with van der Waals surface area (Å²) in [7, 11) is 0. The molecule has 0 saturated heterocycles. The number of allylic oxidation sites excluding steroid dienone is 1. The predicted octanol–water partition coefficient (Wildman–Crippen LogP) is 2.20. The molecule has 0 unspecified atom stereocenters. The summed E-state index contributed by atoms with van der Waals surface area (Å²) in [5.41, 5.74) is 0.967. The van der Waals surface area contributed by atoms with Crippen LogP contribution in [0.25, 0.3) is 0 Å². The second-order valence-electron chi connectivity index (χ2n) is 3.19. The van der Waals surface area contributed by atoms with E-state index in [1.165, 1.54) is 0 Å². The largest absolute Gasteiger partial charge is 0.246 e. The second kappa shape index (κ2) is 5.15. The summed E-state index contributed by atoms with van der Waals surface area (Å²) >= 11 is 5.68. The monoisotopic (exact) mass is 213 g/mol. The van der Waals surface area contributed by atoms with Gasteiger partial charge in [0.15, 0.2) is 5.82 Å². The molecule has 1 aromatic heterocycles. The highest BCUT2D eigenvalue weighted by Gasteiger charge is 2.07. The molecule has 0 bridgehead atoms. The molecule has 0 amide bonds. The molecule has 0 spiro atoms. The first kappa shape index (κ1) is 11.2. The molecule has 3 nitrogen and oxygen atoms in total. The minimum absolute atomic E-state index is 0.477. The quantitative estimate of drug-likeness (QED) is 0.555. The van der Waals surface area contributed by atoms with Gasteiger partial charge in [0.1, 0.15) is 5.82 Å². The molecule has 0 aliphatic heterocycles. The highest BCUT2D eigenvalue weighted by molar-refractivity contribution is 6.19. The van der Waals surface area contributed by atoms with Crippen molar-refractivity contribution < 1.29 is 0 Å². The Morgan fingerprint density at radius 3 is 2.64 bits per heavy atom. The Bertz CT molecular complexity index is 317. The Balaban J connectivity index is 2.83. The van der Waals surface area contributed by atoms with Gasteiger partial charge in [-0.2, -0.15) is 5.10 Å². The van der Waals surface area contributed by atoms with Crippen LogP contribution in [-0.4, -0.2) is 20.6 Å². The lowest BCUT2D eigenvalue weighted by Gasteiger charge is -2.04. The highest BCUT2D eigenvalue weighted by Crippen LogP contribution is 2.05. The Morgan fingerprint density at radius 1 is 1.43 bits per heavy atom. The summed E-state index contributed by atoms with van der Waals surface area (Å²) < 4.78 is 1.89. The van der Waals surface area contributed by atoms with Crippen molar-refractivity contribution in [1.82, 2.24) is 14.8 Å². The molecule has 0 aliphatic carbocycles. The zero-order valence-electron chi connectivity index (χ0n) is 8.76. The molecule has 1 rings (SSSR count). The summed E-state index contributed by atoms with van der Waals surface area (Å²) in [4.78, 5) is 4.40. The maximum Gasteiger partial charge on any atom is 0.150 e. The lowest BCUT2D eigenvalue weighted by Crippen LogP contribution is -2.07. The molecule has 0 aliphatic rings. The minimum atomic E-state index is 0.477. The molecule has 78 valence electrons. The maximum atomic E-state index is 5.68. The van der Waals surface area contributed by atoms with Crippen LogP contribution in [0.15, 0.2) is 12.2 Å². The van der Waals surface area contributed by atoms with E-state index < -0.39 is 0 Å². The zero-order chi connectivity index (χ0) is 10.6. The fourth-order valence-corrected chi connectivity index (χ4v) is 1.30. The summed E-state index contributed by atoms with van der Waals surface area (Å²) in [6.45, 7) is 8.66. The van der Waals surface area contributed by atoms with E-state index in [0.717, 1.165) is 30.1 Å². The van der Waals surface area contributed by atoms with Crippen molar-refractivity contribution in [3.63, 3.8) is 0 Å². The highest BCUT2D eigenvalue weighted by atomic mass is 35.5. The fourth-order valence-electron chi connectivity index (χ4n) is 1.22. The van der Waals surface area contributed by atoms with Gasteiger partial charge in [-0.15, -0.1) is 11.6 Å². The van der Waals surface area contributed by atoms with Gasteiger partial charge in [-0.25, -0.2) is 9.67 Å². The van der Waals surface area contributed by atoms with Gasteiger partial charge < -0.3 is 0 Å². The third-order valence-electron chi connectivity index (χ3n) is 1.99. The van der Waals surface area contributed by atoms with E-state index in [1.54, 1.807) is 0 Å². The maximum absolute atomic E-state index is 5.68. The van der Waals surface area contributed by atoms with Crippen LogP contribution in [0.3, 0.4) is 0 Å². The molecule has 14 heavy (non-hydrogen) atoms. The third kappa shape index (κ3) is 2.58. The molecule has 1 aromatic rings. The van der Waals surface area contributed by atoms with Crippen molar-refractivity contribution in [1.29, 1.82) is 0 Å². The standard InChI is InChI=1S/C10H16ClN3/c1-4-9-12-10(5-2)14(13-9)7-8(3)6-11/h3-7H2,1-2H3. The van der Waals surface area contributed by atoms with Gasteiger partial charge in [0.2, 0.25) is 0 Å². The Kier molecular flexibility index (Phi) is 4.14.